The molecule has 0 fully saturated rings. The topological polar surface area (TPSA) is 50.4 Å². The number of carbonyl (C=O) groups excluding carboxylic acids is 1. The maximum Gasteiger partial charge on any atom is 0.163 e. The first-order valence-corrected chi connectivity index (χ1v) is 11.3. The summed E-state index contributed by atoms with van der Waals surface area (Å²) in [6, 6.07) is 19.9. The molecule has 5 rings (SSSR count). The highest BCUT2D eigenvalue weighted by molar-refractivity contribution is 9.10. The van der Waals surface area contributed by atoms with Gasteiger partial charge in [0.1, 0.15) is 11.6 Å². The lowest BCUT2D eigenvalue weighted by Crippen LogP contribution is -2.27. The van der Waals surface area contributed by atoms with E-state index in [2.05, 4.69) is 26.6 Å². The van der Waals surface area contributed by atoms with Crippen molar-refractivity contribution in [1.82, 2.24) is 0 Å². The Morgan fingerprint density at radius 3 is 2.50 bits per heavy atom. The smallest absolute Gasteiger partial charge is 0.163 e. The van der Waals surface area contributed by atoms with Crippen LogP contribution >= 0.6 is 15.9 Å². The molecule has 0 bridgehead atoms. The first kappa shape index (κ1) is 20.8. The number of hydrogen-bond acceptors (Lipinski definition) is 4. The number of fused-ring (bicyclic) bond motifs is 1. The quantitative estimate of drug-likeness (QED) is 0.433. The number of para-hydroxylation sites is 2. The van der Waals surface area contributed by atoms with Crippen molar-refractivity contribution in [2.24, 2.45) is 0 Å². The van der Waals surface area contributed by atoms with E-state index in [1.807, 2.05) is 48.5 Å². The molecule has 0 spiro atoms. The number of carbonyl (C=O) groups is 1. The number of methoxy groups -OCH3 is 1. The summed E-state index contributed by atoms with van der Waals surface area (Å²) >= 11 is 3.45. The van der Waals surface area contributed by atoms with Crippen molar-refractivity contribution in [2.45, 2.75) is 24.8 Å². The Balaban J connectivity index is 1.61. The van der Waals surface area contributed by atoms with Crippen LogP contribution in [0.5, 0.6) is 5.75 Å². The summed E-state index contributed by atoms with van der Waals surface area (Å²) in [7, 11) is 1.64. The molecule has 6 heteroatoms. The molecule has 0 aromatic heterocycles. The van der Waals surface area contributed by atoms with Gasteiger partial charge in [-0.05, 0) is 60.4 Å². The molecule has 32 heavy (non-hydrogen) atoms. The van der Waals surface area contributed by atoms with E-state index >= 15 is 0 Å². The van der Waals surface area contributed by atoms with E-state index in [0.717, 1.165) is 32.9 Å². The number of allylic oxidation sites excluding steroid dienone is 1. The second-order valence-electron chi connectivity index (χ2n) is 8.11. The number of halogens is 2. The Kier molecular flexibility index (Phi) is 5.47. The summed E-state index contributed by atoms with van der Waals surface area (Å²) in [4.78, 5) is 13.5. The number of hydrogen-bond donors (Lipinski definition) is 2. The van der Waals surface area contributed by atoms with Crippen molar-refractivity contribution in [3.63, 3.8) is 0 Å². The lowest BCUT2D eigenvalue weighted by molar-refractivity contribution is -0.116. The second kappa shape index (κ2) is 8.43. The van der Waals surface area contributed by atoms with E-state index in [1.54, 1.807) is 19.2 Å². The van der Waals surface area contributed by atoms with E-state index in [4.69, 9.17) is 4.74 Å². The van der Waals surface area contributed by atoms with Gasteiger partial charge in [-0.1, -0.05) is 40.2 Å². The third kappa shape index (κ3) is 3.79. The molecule has 0 saturated heterocycles. The standard InChI is InChI=1S/C26H22BrFN2O2/c1-32-18-9-6-15(7-10-18)16-12-23-25(24(31)13-16)26(19-14-17(27)8-11-20(19)28)30-22-5-3-2-4-21(22)29-23/h2-11,14,16,26,29-30H,12-13H2,1H3. The Morgan fingerprint density at radius 1 is 1.00 bits per heavy atom. The highest BCUT2D eigenvalue weighted by Gasteiger charge is 2.37. The largest absolute Gasteiger partial charge is 0.497 e. The van der Waals surface area contributed by atoms with E-state index in [1.165, 1.54) is 6.07 Å². The van der Waals surface area contributed by atoms with Gasteiger partial charge in [0.05, 0.1) is 24.5 Å². The maximum atomic E-state index is 14.9. The molecule has 3 aromatic carbocycles. The molecule has 1 aliphatic heterocycles. The zero-order chi connectivity index (χ0) is 22.2. The van der Waals surface area contributed by atoms with Crippen LogP contribution in [0.25, 0.3) is 0 Å². The van der Waals surface area contributed by atoms with Gasteiger partial charge in [-0.25, -0.2) is 4.39 Å². The zero-order valence-electron chi connectivity index (χ0n) is 17.5. The maximum absolute atomic E-state index is 14.9. The normalized spacial score (nSPS) is 19.9. The fourth-order valence-electron chi connectivity index (χ4n) is 4.57. The van der Waals surface area contributed by atoms with Gasteiger partial charge < -0.3 is 15.4 Å². The minimum Gasteiger partial charge on any atom is -0.497 e. The minimum absolute atomic E-state index is 0.0178. The van der Waals surface area contributed by atoms with Crippen LogP contribution in [0.4, 0.5) is 15.8 Å². The lowest BCUT2D eigenvalue weighted by Gasteiger charge is -2.30. The van der Waals surface area contributed by atoms with Crippen molar-refractivity contribution in [1.29, 1.82) is 0 Å². The number of benzene rings is 3. The molecule has 0 amide bonds. The number of ether oxygens (including phenoxy) is 1. The summed E-state index contributed by atoms with van der Waals surface area (Å²) in [6.45, 7) is 0. The van der Waals surface area contributed by atoms with Crippen molar-refractivity contribution < 1.29 is 13.9 Å². The molecule has 2 atom stereocenters. The van der Waals surface area contributed by atoms with Gasteiger partial charge >= 0.3 is 0 Å². The van der Waals surface area contributed by atoms with Crippen LogP contribution in [-0.4, -0.2) is 12.9 Å². The van der Waals surface area contributed by atoms with Gasteiger partial charge in [0.25, 0.3) is 0 Å². The molecule has 2 unspecified atom stereocenters. The Labute approximate surface area is 194 Å². The predicted molar refractivity (Wildman–Crippen MR) is 128 cm³/mol. The SMILES string of the molecule is COc1ccc(C2CC(=O)C3=C(C2)Nc2ccccc2NC3c2cc(Br)ccc2F)cc1. The van der Waals surface area contributed by atoms with Gasteiger partial charge in [0.2, 0.25) is 0 Å². The third-order valence-electron chi connectivity index (χ3n) is 6.17. The molecule has 4 nitrogen and oxygen atoms in total. The Morgan fingerprint density at radius 2 is 1.75 bits per heavy atom. The summed E-state index contributed by atoms with van der Waals surface area (Å²) in [6.07, 6.45) is 1.03. The van der Waals surface area contributed by atoms with Crippen LogP contribution in [-0.2, 0) is 4.79 Å². The molecule has 3 aromatic rings. The number of nitrogens with one attached hydrogen (secondary N) is 2. The van der Waals surface area contributed by atoms with E-state index in [0.29, 0.717) is 24.0 Å². The van der Waals surface area contributed by atoms with Crippen molar-refractivity contribution in [2.75, 3.05) is 17.7 Å². The fourth-order valence-corrected chi connectivity index (χ4v) is 4.95. The predicted octanol–water partition coefficient (Wildman–Crippen LogP) is 6.58. The first-order valence-electron chi connectivity index (χ1n) is 10.5. The highest BCUT2D eigenvalue weighted by atomic mass is 79.9. The lowest BCUT2D eigenvalue weighted by atomic mass is 9.78. The van der Waals surface area contributed by atoms with Crippen LogP contribution in [0.2, 0.25) is 0 Å². The molecular formula is C26H22BrFN2O2. The summed E-state index contributed by atoms with van der Waals surface area (Å²) in [5.41, 5.74) is 4.68. The van der Waals surface area contributed by atoms with E-state index < -0.39 is 6.04 Å². The molecule has 1 heterocycles. The monoisotopic (exact) mass is 492 g/mol. The second-order valence-corrected chi connectivity index (χ2v) is 9.02. The summed E-state index contributed by atoms with van der Waals surface area (Å²) in [5, 5.41) is 6.91. The number of ketones is 1. The molecule has 1 aliphatic carbocycles. The minimum atomic E-state index is -0.581. The average molecular weight is 493 g/mol. The molecule has 162 valence electrons. The molecule has 0 saturated carbocycles. The number of anilines is 2. The third-order valence-corrected chi connectivity index (χ3v) is 6.66. The van der Waals surface area contributed by atoms with Crippen LogP contribution in [0.3, 0.4) is 0 Å². The van der Waals surface area contributed by atoms with Gasteiger partial charge in [-0.2, -0.15) is 0 Å². The molecule has 2 N–H and O–H groups in total. The van der Waals surface area contributed by atoms with Crippen LogP contribution in [0.15, 0.2) is 82.5 Å². The molecule has 2 aliphatic rings. The van der Waals surface area contributed by atoms with Gasteiger partial charge in [-0.3, -0.25) is 4.79 Å². The van der Waals surface area contributed by atoms with Gasteiger partial charge in [0.15, 0.2) is 5.78 Å². The Hall–Kier alpha value is -3.12. The van der Waals surface area contributed by atoms with Crippen molar-refractivity contribution in [3.8, 4) is 5.75 Å². The van der Waals surface area contributed by atoms with Crippen LogP contribution < -0.4 is 15.4 Å². The van der Waals surface area contributed by atoms with E-state index in [-0.39, 0.29) is 17.5 Å². The number of Topliss-reactive ketones (excluding diaryl/α,β-unsaturated/α-hetero) is 1. The molecule has 0 radical (unpaired) electrons. The Bertz CT molecular complexity index is 1220. The number of rotatable bonds is 3. The fraction of sp³-hybridized carbons (Fsp3) is 0.192. The highest BCUT2D eigenvalue weighted by Crippen LogP contribution is 2.45. The zero-order valence-corrected chi connectivity index (χ0v) is 19.1. The van der Waals surface area contributed by atoms with Crippen molar-refractivity contribution >= 4 is 33.1 Å². The first-order chi connectivity index (χ1) is 15.5. The average Bonchev–Trinajstić information content (AvgIpc) is 2.97. The van der Waals surface area contributed by atoms with E-state index in [9.17, 15) is 9.18 Å². The van der Waals surface area contributed by atoms with Crippen molar-refractivity contribution in [3.05, 3.63) is 99.4 Å². The van der Waals surface area contributed by atoms with Gasteiger partial charge in [-0.15, -0.1) is 0 Å². The molecular weight excluding hydrogens is 471 g/mol. The van der Waals surface area contributed by atoms with Gasteiger partial charge in [0, 0.05) is 27.7 Å². The van der Waals surface area contributed by atoms with Crippen LogP contribution in [0, 0.1) is 5.82 Å². The summed E-state index contributed by atoms with van der Waals surface area (Å²) in [5.74, 6) is 0.496. The van der Waals surface area contributed by atoms with Crippen LogP contribution in [0.1, 0.15) is 35.9 Å². The summed E-state index contributed by atoms with van der Waals surface area (Å²) < 4.78 is 21.0.